The van der Waals surface area contributed by atoms with Crippen molar-refractivity contribution in [2.45, 2.75) is 18.2 Å². The van der Waals surface area contributed by atoms with Crippen LogP contribution in [0.25, 0.3) is 0 Å². The number of benzene rings is 2. The highest BCUT2D eigenvalue weighted by molar-refractivity contribution is 7.99. The molecule has 3 rings (SSSR count). The molecule has 3 aromatic rings. The van der Waals surface area contributed by atoms with Gasteiger partial charge in [0.2, 0.25) is 0 Å². The molecule has 0 saturated carbocycles. The van der Waals surface area contributed by atoms with Gasteiger partial charge in [-0.15, -0.1) is 10.2 Å². The molecule has 0 fully saturated rings. The fourth-order valence-electron chi connectivity index (χ4n) is 2.40. The molecule has 0 unspecified atom stereocenters. The number of rotatable bonds is 7. The smallest absolute Gasteiger partial charge is 0.191 e. The largest absolute Gasteiger partial charge is 0.483 e. The molecule has 0 radical (unpaired) electrons. The molecule has 25 heavy (non-hydrogen) atoms. The third kappa shape index (κ3) is 4.28. The van der Waals surface area contributed by atoms with E-state index in [4.69, 9.17) is 4.74 Å². The van der Waals surface area contributed by atoms with E-state index in [0.29, 0.717) is 16.5 Å². The highest BCUT2D eigenvalue weighted by atomic mass is 32.2. The second kappa shape index (κ2) is 7.98. The topological polar surface area (TPSA) is 57.0 Å². The molecule has 1 heterocycles. The van der Waals surface area contributed by atoms with E-state index in [9.17, 15) is 4.79 Å². The highest BCUT2D eigenvalue weighted by Crippen LogP contribution is 2.23. The van der Waals surface area contributed by atoms with Crippen LogP contribution >= 0.6 is 11.8 Å². The Labute approximate surface area is 151 Å². The first-order valence-electron chi connectivity index (χ1n) is 7.97. The molecular weight excluding hydrogens is 334 g/mol. The van der Waals surface area contributed by atoms with Crippen molar-refractivity contribution in [2.24, 2.45) is 7.05 Å². The van der Waals surface area contributed by atoms with Crippen LogP contribution in [0.1, 0.15) is 29.2 Å². The van der Waals surface area contributed by atoms with Gasteiger partial charge in [-0.05, 0) is 19.1 Å². The zero-order valence-electron chi connectivity index (χ0n) is 14.1. The number of carbonyl (C=O) groups excluding carboxylic acids is 1. The van der Waals surface area contributed by atoms with Gasteiger partial charge >= 0.3 is 0 Å². The Morgan fingerprint density at radius 3 is 2.40 bits per heavy atom. The molecule has 0 amide bonds. The predicted molar refractivity (Wildman–Crippen MR) is 98.0 cm³/mol. The molecule has 0 aliphatic carbocycles. The third-order valence-electron chi connectivity index (χ3n) is 3.72. The summed E-state index contributed by atoms with van der Waals surface area (Å²) in [6.45, 7) is 1.93. The summed E-state index contributed by atoms with van der Waals surface area (Å²) in [5.41, 5.74) is 0.707. The van der Waals surface area contributed by atoms with Gasteiger partial charge in [0.1, 0.15) is 5.75 Å². The average molecular weight is 353 g/mol. The quantitative estimate of drug-likeness (QED) is 0.476. The van der Waals surface area contributed by atoms with E-state index < -0.39 is 0 Å². The van der Waals surface area contributed by atoms with Crippen molar-refractivity contribution < 1.29 is 9.53 Å². The van der Waals surface area contributed by atoms with Crippen molar-refractivity contribution in [1.82, 2.24) is 14.8 Å². The summed E-state index contributed by atoms with van der Waals surface area (Å²) in [7, 11) is 1.88. The number of nitrogens with zero attached hydrogens (tertiary/aromatic N) is 3. The van der Waals surface area contributed by atoms with Crippen molar-refractivity contribution >= 4 is 17.5 Å². The minimum atomic E-state index is -0.237. The normalized spacial score (nSPS) is 11.9. The Morgan fingerprint density at radius 2 is 1.72 bits per heavy atom. The summed E-state index contributed by atoms with van der Waals surface area (Å²) in [5, 5.41) is 9.10. The number of ether oxygens (including phenoxy) is 1. The lowest BCUT2D eigenvalue weighted by atomic mass is 10.2. The van der Waals surface area contributed by atoms with Gasteiger partial charge in [-0.3, -0.25) is 4.79 Å². The van der Waals surface area contributed by atoms with Crippen molar-refractivity contribution in [3.05, 3.63) is 72.1 Å². The maximum absolute atomic E-state index is 12.2. The standard InChI is InChI=1S/C19H19N3O2S/c1-14(24-16-11-7-4-8-12-16)18-20-21-19(22(18)2)25-13-17(23)15-9-5-3-6-10-15/h3-12,14H,13H2,1-2H3/t14-/m0/s1. The zero-order chi connectivity index (χ0) is 17.6. The van der Waals surface area contributed by atoms with Crippen LogP contribution in [0, 0.1) is 0 Å². The summed E-state index contributed by atoms with van der Waals surface area (Å²) in [5.74, 6) is 1.90. The first-order chi connectivity index (χ1) is 12.1. The molecule has 1 aromatic heterocycles. The van der Waals surface area contributed by atoms with Crippen LogP contribution in [-0.2, 0) is 7.05 Å². The highest BCUT2D eigenvalue weighted by Gasteiger charge is 2.18. The number of carbonyl (C=O) groups is 1. The van der Waals surface area contributed by atoms with Crippen LogP contribution in [0.5, 0.6) is 5.75 Å². The fraction of sp³-hybridized carbons (Fsp3) is 0.211. The van der Waals surface area contributed by atoms with Crippen LogP contribution in [0.15, 0.2) is 65.8 Å². The Morgan fingerprint density at radius 1 is 1.08 bits per heavy atom. The van der Waals surface area contributed by atoms with Gasteiger partial charge in [-0.2, -0.15) is 0 Å². The molecule has 6 heteroatoms. The summed E-state index contributed by atoms with van der Waals surface area (Å²) in [6, 6.07) is 18.9. The van der Waals surface area contributed by atoms with Crippen LogP contribution < -0.4 is 4.74 Å². The third-order valence-corrected chi connectivity index (χ3v) is 4.74. The lowest BCUT2D eigenvalue weighted by molar-refractivity contribution is 0.102. The zero-order valence-corrected chi connectivity index (χ0v) is 14.9. The summed E-state index contributed by atoms with van der Waals surface area (Å²) in [6.07, 6.45) is -0.237. The number of hydrogen-bond acceptors (Lipinski definition) is 5. The molecule has 0 bridgehead atoms. The number of hydrogen-bond donors (Lipinski definition) is 0. The van der Waals surface area contributed by atoms with Gasteiger partial charge in [-0.1, -0.05) is 60.3 Å². The van der Waals surface area contributed by atoms with Crippen molar-refractivity contribution in [3.63, 3.8) is 0 Å². The van der Waals surface area contributed by atoms with Gasteiger partial charge in [0.15, 0.2) is 22.9 Å². The van der Waals surface area contributed by atoms with E-state index in [-0.39, 0.29) is 11.9 Å². The van der Waals surface area contributed by atoms with Crippen LogP contribution in [0.2, 0.25) is 0 Å². The van der Waals surface area contributed by atoms with Gasteiger partial charge in [0, 0.05) is 12.6 Å². The lowest BCUT2D eigenvalue weighted by Gasteiger charge is -2.14. The van der Waals surface area contributed by atoms with E-state index in [1.54, 1.807) is 0 Å². The SMILES string of the molecule is C[C@H](Oc1ccccc1)c1nnc(SCC(=O)c2ccccc2)n1C. The van der Waals surface area contributed by atoms with Crippen molar-refractivity contribution in [2.75, 3.05) is 5.75 Å². The fourth-order valence-corrected chi connectivity index (χ4v) is 3.21. The molecule has 0 aliphatic rings. The lowest BCUT2D eigenvalue weighted by Crippen LogP contribution is -2.10. The first kappa shape index (κ1) is 17.2. The van der Waals surface area contributed by atoms with Gasteiger partial charge < -0.3 is 9.30 Å². The second-order valence-electron chi connectivity index (χ2n) is 5.55. The second-order valence-corrected chi connectivity index (χ2v) is 6.49. The molecule has 0 aliphatic heterocycles. The van der Waals surface area contributed by atoms with Crippen LogP contribution in [0.3, 0.4) is 0 Å². The average Bonchev–Trinajstić information content (AvgIpc) is 3.02. The monoisotopic (exact) mass is 353 g/mol. The first-order valence-corrected chi connectivity index (χ1v) is 8.95. The molecule has 0 spiro atoms. The summed E-state index contributed by atoms with van der Waals surface area (Å²) in [4.78, 5) is 12.2. The van der Waals surface area contributed by atoms with E-state index in [0.717, 1.165) is 11.6 Å². The molecule has 128 valence electrons. The number of Topliss-reactive ketones (excluding diaryl/α,β-unsaturated/α-hetero) is 1. The van der Waals surface area contributed by atoms with E-state index in [1.165, 1.54) is 11.8 Å². The Kier molecular flexibility index (Phi) is 5.50. The van der Waals surface area contributed by atoms with Gasteiger partial charge in [0.05, 0.1) is 5.75 Å². The summed E-state index contributed by atoms with van der Waals surface area (Å²) < 4.78 is 7.76. The molecular formula is C19H19N3O2S. The Bertz CT molecular complexity index is 834. The Balaban J connectivity index is 1.64. The predicted octanol–water partition coefficient (Wildman–Crippen LogP) is 3.93. The molecule has 5 nitrogen and oxygen atoms in total. The van der Waals surface area contributed by atoms with E-state index >= 15 is 0 Å². The molecule has 1 atom stereocenters. The van der Waals surface area contributed by atoms with Crippen LogP contribution in [0.4, 0.5) is 0 Å². The number of para-hydroxylation sites is 1. The minimum Gasteiger partial charge on any atom is -0.483 e. The number of ketones is 1. The minimum absolute atomic E-state index is 0.0729. The number of aromatic nitrogens is 3. The van der Waals surface area contributed by atoms with Gasteiger partial charge in [-0.25, -0.2) is 0 Å². The maximum atomic E-state index is 12.2. The molecule has 0 saturated heterocycles. The summed E-state index contributed by atoms with van der Waals surface area (Å²) >= 11 is 1.38. The van der Waals surface area contributed by atoms with Gasteiger partial charge in [0.25, 0.3) is 0 Å². The molecule has 0 N–H and O–H groups in total. The van der Waals surface area contributed by atoms with E-state index in [2.05, 4.69) is 10.2 Å². The maximum Gasteiger partial charge on any atom is 0.191 e. The van der Waals surface area contributed by atoms with E-state index in [1.807, 2.05) is 79.2 Å². The number of thioether (sulfide) groups is 1. The molecule has 2 aromatic carbocycles. The van der Waals surface area contributed by atoms with Crippen molar-refractivity contribution in [3.8, 4) is 5.75 Å². The van der Waals surface area contributed by atoms with Crippen LogP contribution in [-0.4, -0.2) is 26.3 Å². The van der Waals surface area contributed by atoms with Crippen molar-refractivity contribution in [1.29, 1.82) is 0 Å². The Hall–Kier alpha value is -2.60.